The van der Waals surface area contributed by atoms with Crippen LogP contribution < -0.4 is 20.5 Å². The number of anilines is 2. The number of pyridine rings is 2. The van der Waals surface area contributed by atoms with Gasteiger partial charge < -0.3 is 29.4 Å². The molecule has 33 heavy (non-hydrogen) atoms. The highest BCUT2D eigenvalue weighted by atomic mass is 19.1. The molecule has 10 heteroatoms. The largest absolute Gasteiger partial charge is 0.491 e. The monoisotopic (exact) mass is 454 g/mol. The lowest BCUT2D eigenvalue weighted by Gasteiger charge is -2.29. The third kappa shape index (κ3) is 3.81. The van der Waals surface area contributed by atoms with E-state index < -0.39 is 11.7 Å². The molecule has 0 saturated carbocycles. The number of aryl methyl sites for hydroxylation is 1. The van der Waals surface area contributed by atoms with Crippen LogP contribution in [-0.2, 0) is 22.7 Å². The number of aromatic amines is 1. The minimum absolute atomic E-state index is 0.0517. The molecule has 1 fully saturated rings. The van der Waals surface area contributed by atoms with Crippen LogP contribution >= 0.6 is 0 Å². The van der Waals surface area contributed by atoms with Gasteiger partial charge in [-0.2, -0.15) is 0 Å². The van der Waals surface area contributed by atoms with Crippen LogP contribution in [0.2, 0.25) is 0 Å². The van der Waals surface area contributed by atoms with E-state index in [0.717, 1.165) is 11.3 Å². The number of rotatable bonds is 4. The Kier molecular flexibility index (Phi) is 5.47. The average molecular weight is 454 g/mol. The maximum Gasteiger partial charge on any atom is 0.259 e. The minimum Gasteiger partial charge on any atom is -0.491 e. The lowest BCUT2D eigenvalue weighted by atomic mass is 10.1. The molecule has 172 valence electrons. The summed E-state index contributed by atoms with van der Waals surface area (Å²) in [6, 6.07) is 4.66. The molecule has 2 aliphatic heterocycles. The van der Waals surface area contributed by atoms with Gasteiger partial charge in [-0.15, -0.1) is 0 Å². The van der Waals surface area contributed by atoms with Crippen LogP contribution in [-0.4, -0.2) is 49.3 Å². The summed E-state index contributed by atoms with van der Waals surface area (Å²) in [5.41, 5.74) is 2.42. The number of carbonyl (C=O) groups excluding carboxylic acids is 1. The van der Waals surface area contributed by atoms with Gasteiger partial charge in [0.1, 0.15) is 5.82 Å². The fourth-order valence-electron chi connectivity index (χ4n) is 4.25. The van der Waals surface area contributed by atoms with Crippen molar-refractivity contribution in [2.24, 2.45) is 0 Å². The molecule has 0 aliphatic carbocycles. The van der Waals surface area contributed by atoms with Gasteiger partial charge in [-0.05, 0) is 24.6 Å². The maximum atomic E-state index is 15.3. The summed E-state index contributed by atoms with van der Waals surface area (Å²) in [7, 11) is 1.31. The zero-order valence-electron chi connectivity index (χ0n) is 18.3. The number of carbonyl (C=O) groups is 1. The molecule has 2 aliphatic rings. The third-order valence-electron chi connectivity index (χ3n) is 5.92. The minimum atomic E-state index is -0.773. The van der Waals surface area contributed by atoms with E-state index in [0.29, 0.717) is 61.8 Å². The SMILES string of the molecule is COc1c(F)c(NC(=O)c2cc3c(nc2N2CCOCC2)COC3)cc2c(C)cc(=O)[nH]c12. The number of methoxy groups -OCH3 is 1. The Hall–Kier alpha value is -3.50. The van der Waals surface area contributed by atoms with E-state index in [1.54, 1.807) is 13.0 Å². The number of halogens is 1. The van der Waals surface area contributed by atoms with Crippen molar-refractivity contribution in [1.29, 1.82) is 0 Å². The lowest BCUT2D eigenvalue weighted by Crippen LogP contribution is -2.38. The zero-order chi connectivity index (χ0) is 23.1. The lowest BCUT2D eigenvalue weighted by molar-refractivity contribution is 0.102. The maximum absolute atomic E-state index is 15.3. The van der Waals surface area contributed by atoms with Gasteiger partial charge in [-0.1, -0.05) is 0 Å². The molecule has 2 N–H and O–H groups in total. The number of fused-ring (bicyclic) bond motifs is 2. The van der Waals surface area contributed by atoms with E-state index in [-0.39, 0.29) is 22.5 Å². The Morgan fingerprint density at radius 1 is 1.21 bits per heavy atom. The average Bonchev–Trinajstić information content (AvgIpc) is 3.27. The fraction of sp³-hybridized carbons (Fsp3) is 0.348. The molecule has 0 spiro atoms. The smallest absolute Gasteiger partial charge is 0.259 e. The first-order chi connectivity index (χ1) is 16.0. The van der Waals surface area contributed by atoms with E-state index in [2.05, 4.69) is 10.3 Å². The highest BCUT2D eigenvalue weighted by Crippen LogP contribution is 2.35. The van der Waals surface area contributed by atoms with Gasteiger partial charge in [-0.3, -0.25) is 9.59 Å². The predicted octanol–water partition coefficient (Wildman–Crippen LogP) is 2.50. The number of ether oxygens (including phenoxy) is 3. The molecular formula is C23H23FN4O5. The number of nitrogens with zero attached hydrogens (tertiary/aromatic N) is 2. The predicted molar refractivity (Wildman–Crippen MR) is 120 cm³/mol. The van der Waals surface area contributed by atoms with Gasteiger partial charge in [0, 0.05) is 30.1 Å². The number of H-pyrrole nitrogens is 1. The van der Waals surface area contributed by atoms with Crippen molar-refractivity contribution in [1.82, 2.24) is 9.97 Å². The van der Waals surface area contributed by atoms with Crippen molar-refractivity contribution in [3.05, 3.63) is 56.8 Å². The number of hydrogen-bond acceptors (Lipinski definition) is 7. The van der Waals surface area contributed by atoms with Crippen LogP contribution in [0, 0.1) is 12.7 Å². The van der Waals surface area contributed by atoms with Crippen molar-refractivity contribution in [3.8, 4) is 5.75 Å². The Morgan fingerprint density at radius 2 is 2.00 bits per heavy atom. The van der Waals surface area contributed by atoms with Crippen molar-refractivity contribution in [2.45, 2.75) is 20.1 Å². The van der Waals surface area contributed by atoms with E-state index in [1.165, 1.54) is 19.2 Å². The molecular weight excluding hydrogens is 431 g/mol. The molecule has 0 atom stereocenters. The summed E-state index contributed by atoms with van der Waals surface area (Å²) in [5, 5.41) is 3.25. The number of aromatic nitrogens is 2. The first kappa shape index (κ1) is 21.4. The van der Waals surface area contributed by atoms with Crippen LogP contribution in [0.3, 0.4) is 0 Å². The van der Waals surface area contributed by atoms with Crippen molar-refractivity contribution < 1.29 is 23.4 Å². The molecule has 3 aromatic rings. The first-order valence-corrected chi connectivity index (χ1v) is 10.6. The molecule has 0 unspecified atom stereocenters. The van der Waals surface area contributed by atoms with E-state index >= 15 is 4.39 Å². The van der Waals surface area contributed by atoms with Gasteiger partial charge in [0.2, 0.25) is 5.56 Å². The quantitative estimate of drug-likeness (QED) is 0.624. The molecule has 9 nitrogen and oxygen atoms in total. The molecule has 1 amide bonds. The highest BCUT2D eigenvalue weighted by molar-refractivity contribution is 6.09. The van der Waals surface area contributed by atoms with Crippen LogP contribution in [0.4, 0.5) is 15.9 Å². The van der Waals surface area contributed by atoms with Crippen LogP contribution in [0.5, 0.6) is 5.75 Å². The second-order valence-electron chi connectivity index (χ2n) is 8.02. The second kappa shape index (κ2) is 8.45. The van der Waals surface area contributed by atoms with E-state index in [1.807, 2.05) is 4.90 Å². The van der Waals surface area contributed by atoms with Crippen molar-refractivity contribution in [2.75, 3.05) is 43.6 Å². The Morgan fingerprint density at radius 3 is 2.76 bits per heavy atom. The summed E-state index contributed by atoms with van der Waals surface area (Å²) in [6.07, 6.45) is 0. The molecule has 5 rings (SSSR count). The third-order valence-corrected chi connectivity index (χ3v) is 5.92. The Balaban J connectivity index is 1.58. The number of nitrogens with one attached hydrogen (secondary N) is 2. The number of amides is 1. The van der Waals surface area contributed by atoms with Gasteiger partial charge in [0.25, 0.3) is 5.91 Å². The number of hydrogen-bond donors (Lipinski definition) is 2. The standard InChI is InChI=1S/C23H23FN4O5/c1-12-7-18(29)27-20-14(12)9-16(19(24)21(20)31-2)26-23(30)15-8-13-10-33-11-17(13)25-22(15)28-3-5-32-6-4-28/h7-9H,3-6,10-11H2,1-2H3,(H,26,30)(H,27,29). The molecule has 0 radical (unpaired) electrons. The molecule has 4 heterocycles. The Bertz CT molecular complexity index is 1320. The molecule has 1 aromatic carbocycles. The van der Waals surface area contributed by atoms with Crippen molar-refractivity contribution >= 4 is 28.3 Å². The summed E-state index contributed by atoms with van der Waals surface area (Å²) < 4.78 is 31.4. The van der Waals surface area contributed by atoms with Gasteiger partial charge in [0.15, 0.2) is 11.6 Å². The summed E-state index contributed by atoms with van der Waals surface area (Å²) >= 11 is 0. The fourth-order valence-corrected chi connectivity index (χ4v) is 4.25. The molecule has 2 aromatic heterocycles. The topological polar surface area (TPSA) is 106 Å². The van der Waals surface area contributed by atoms with Gasteiger partial charge in [0.05, 0.1) is 56.0 Å². The summed E-state index contributed by atoms with van der Waals surface area (Å²) in [4.78, 5) is 34.6. The normalized spacial score (nSPS) is 15.5. The first-order valence-electron chi connectivity index (χ1n) is 10.6. The Labute approximate surface area is 188 Å². The molecule has 0 bridgehead atoms. The van der Waals surface area contributed by atoms with Gasteiger partial charge >= 0.3 is 0 Å². The van der Waals surface area contributed by atoms with Crippen LogP contribution in [0.25, 0.3) is 10.9 Å². The number of benzene rings is 1. The van der Waals surface area contributed by atoms with Crippen molar-refractivity contribution in [3.63, 3.8) is 0 Å². The number of morpholine rings is 1. The summed E-state index contributed by atoms with van der Waals surface area (Å²) in [6.45, 7) is 4.75. The van der Waals surface area contributed by atoms with Crippen LogP contribution in [0.1, 0.15) is 27.2 Å². The van der Waals surface area contributed by atoms with E-state index in [9.17, 15) is 9.59 Å². The van der Waals surface area contributed by atoms with E-state index in [4.69, 9.17) is 19.2 Å². The summed E-state index contributed by atoms with van der Waals surface area (Å²) in [5.74, 6) is -0.891. The second-order valence-corrected chi connectivity index (χ2v) is 8.02. The van der Waals surface area contributed by atoms with Crippen LogP contribution in [0.15, 0.2) is 23.0 Å². The highest BCUT2D eigenvalue weighted by Gasteiger charge is 2.26. The van der Waals surface area contributed by atoms with Gasteiger partial charge in [-0.25, -0.2) is 9.37 Å². The molecule has 1 saturated heterocycles. The zero-order valence-corrected chi connectivity index (χ0v) is 18.3.